The molecular weight excluding hydrogens is 437 g/mol. The third-order valence-electron chi connectivity index (χ3n) is 7.17. The van der Waals surface area contributed by atoms with Crippen LogP contribution in [-0.4, -0.2) is 47.3 Å². The number of ether oxygens (including phenoxy) is 1. The highest BCUT2D eigenvalue weighted by Gasteiger charge is 2.35. The van der Waals surface area contributed by atoms with Crippen LogP contribution < -0.4 is 10.5 Å². The summed E-state index contributed by atoms with van der Waals surface area (Å²) in [5, 5.41) is 0.968. The monoisotopic (exact) mass is 467 g/mol. The largest absolute Gasteiger partial charge is 0.490 e. The molecule has 7 heteroatoms. The maximum absolute atomic E-state index is 13.7. The first kappa shape index (κ1) is 22.3. The Balaban J connectivity index is 1.33. The molecule has 5 rings (SSSR count). The molecular formula is C26H30FN3O2S. The summed E-state index contributed by atoms with van der Waals surface area (Å²) in [6.07, 6.45) is 10.3. The molecule has 3 N–H and O–H groups in total. The molecule has 5 nitrogen and oxygen atoms in total. The maximum Gasteiger partial charge on any atom is 0.249 e. The number of halogens is 1. The summed E-state index contributed by atoms with van der Waals surface area (Å²) in [6, 6.07) is 9.45. The molecule has 1 aromatic heterocycles. The van der Waals surface area contributed by atoms with E-state index in [4.69, 9.17) is 10.5 Å². The number of hydrogen-bond acceptors (Lipinski definition) is 4. The van der Waals surface area contributed by atoms with Crippen molar-refractivity contribution >= 4 is 28.6 Å². The van der Waals surface area contributed by atoms with Gasteiger partial charge in [-0.2, -0.15) is 0 Å². The van der Waals surface area contributed by atoms with Crippen molar-refractivity contribution in [2.45, 2.75) is 55.5 Å². The van der Waals surface area contributed by atoms with Gasteiger partial charge in [0.05, 0.1) is 0 Å². The number of carbonyl (C=O) groups is 1. The molecule has 2 aliphatic rings. The molecule has 1 aliphatic heterocycles. The molecule has 0 radical (unpaired) electrons. The Bertz CT molecular complexity index is 1170. The van der Waals surface area contributed by atoms with E-state index in [1.807, 2.05) is 24.6 Å². The summed E-state index contributed by atoms with van der Waals surface area (Å²) in [5.41, 5.74) is 9.34. The van der Waals surface area contributed by atoms with Crippen molar-refractivity contribution in [3.05, 3.63) is 59.0 Å². The molecule has 1 atom stereocenters. The van der Waals surface area contributed by atoms with Gasteiger partial charge in [-0.05, 0) is 80.8 Å². The quantitative estimate of drug-likeness (QED) is 0.462. The van der Waals surface area contributed by atoms with Gasteiger partial charge in [-0.1, -0.05) is 6.42 Å². The van der Waals surface area contributed by atoms with Crippen molar-refractivity contribution < 1.29 is 13.9 Å². The van der Waals surface area contributed by atoms with Gasteiger partial charge in [-0.15, -0.1) is 11.8 Å². The minimum atomic E-state index is -0.398. The van der Waals surface area contributed by atoms with Crippen LogP contribution in [0.15, 0.2) is 41.4 Å². The lowest BCUT2D eigenvalue weighted by Gasteiger charge is -2.44. The molecule has 0 bridgehead atoms. The number of rotatable bonds is 8. The molecule has 174 valence electrons. The van der Waals surface area contributed by atoms with Gasteiger partial charge in [0.1, 0.15) is 18.2 Å². The molecule has 2 aromatic carbocycles. The smallest absolute Gasteiger partial charge is 0.249 e. The second-order valence-electron chi connectivity index (χ2n) is 9.09. The fraction of sp³-hybridized carbons (Fsp3) is 0.423. The van der Waals surface area contributed by atoms with Crippen LogP contribution >= 0.6 is 11.8 Å². The first-order valence-corrected chi connectivity index (χ1v) is 12.9. The zero-order valence-corrected chi connectivity index (χ0v) is 19.7. The highest BCUT2D eigenvalue weighted by Crippen LogP contribution is 2.39. The summed E-state index contributed by atoms with van der Waals surface area (Å²) >= 11 is 1.63. The summed E-state index contributed by atoms with van der Waals surface area (Å²) in [4.78, 5) is 19.0. The summed E-state index contributed by atoms with van der Waals surface area (Å²) in [5.74, 6) is 0.224. The van der Waals surface area contributed by atoms with Gasteiger partial charge < -0.3 is 15.5 Å². The standard InChI is InChI=1S/C26H30FN3O2S/c1-33-24-10-8-20(26(28)31)22-13-19(15-32-25(22)24)30(18-5-2-6-18)11-3-4-16-14-29-23-9-7-17(27)12-21(16)23/h7-10,12,14,18-19,29H,2-6,11,13,15H2,1H3,(H2,28,31). The van der Waals surface area contributed by atoms with Crippen LogP contribution in [0.2, 0.25) is 0 Å². The average molecular weight is 468 g/mol. The van der Waals surface area contributed by atoms with E-state index < -0.39 is 5.91 Å². The zero-order chi connectivity index (χ0) is 22.9. The molecule has 0 saturated heterocycles. The van der Waals surface area contributed by atoms with Crippen molar-refractivity contribution in [1.82, 2.24) is 9.88 Å². The van der Waals surface area contributed by atoms with E-state index in [1.54, 1.807) is 23.9 Å². The molecule has 1 unspecified atom stereocenters. The lowest BCUT2D eigenvalue weighted by Crippen LogP contribution is -2.51. The van der Waals surface area contributed by atoms with Crippen LogP contribution in [0.1, 0.15) is 47.2 Å². The number of benzene rings is 2. The highest BCUT2D eigenvalue weighted by molar-refractivity contribution is 7.98. The minimum absolute atomic E-state index is 0.202. The molecule has 1 amide bonds. The Morgan fingerprint density at radius 1 is 1.27 bits per heavy atom. The number of aromatic amines is 1. The van der Waals surface area contributed by atoms with Crippen LogP contribution in [0.25, 0.3) is 10.9 Å². The minimum Gasteiger partial charge on any atom is -0.490 e. The fourth-order valence-corrected chi connectivity index (χ4v) is 5.81. The number of fused-ring (bicyclic) bond motifs is 2. The predicted molar refractivity (Wildman–Crippen MR) is 131 cm³/mol. The lowest BCUT2D eigenvalue weighted by molar-refractivity contribution is 0.0425. The number of primary amides is 1. The number of aromatic nitrogens is 1. The summed E-state index contributed by atoms with van der Waals surface area (Å²) in [7, 11) is 0. The van der Waals surface area contributed by atoms with Gasteiger partial charge in [0, 0.05) is 45.2 Å². The number of aryl methyl sites for hydroxylation is 1. The van der Waals surface area contributed by atoms with Gasteiger partial charge in [0.2, 0.25) is 5.91 Å². The number of nitrogens with zero attached hydrogens (tertiary/aromatic N) is 1. The Morgan fingerprint density at radius 3 is 2.85 bits per heavy atom. The van der Waals surface area contributed by atoms with Crippen LogP contribution in [-0.2, 0) is 12.8 Å². The summed E-state index contributed by atoms with van der Waals surface area (Å²) < 4.78 is 20.0. The van der Waals surface area contributed by atoms with Crippen LogP contribution in [0.5, 0.6) is 5.75 Å². The molecule has 1 fully saturated rings. The number of thioether (sulfide) groups is 1. The molecule has 2 heterocycles. The third-order valence-corrected chi connectivity index (χ3v) is 7.94. The topological polar surface area (TPSA) is 71.4 Å². The van der Waals surface area contributed by atoms with Gasteiger partial charge in [-0.25, -0.2) is 4.39 Å². The molecule has 33 heavy (non-hydrogen) atoms. The SMILES string of the molecule is CSc1ccc(C(N)=O)c2c1OCC(N(CCCc1c[nH]c3ccc(F)cc13)C1CCC1)C2. The summed E-state index contributed by atoms with van der Waals surface area (Å²) in [6.45, 7) is 1.57. The zero-order valence-electron chi connectivity index (χ0n) is 18.9. The van der Waals surface area contributed by atoms with Crippen molar-refractivity contribution in [1.29, 1.82) is 0 Å². The number of H-pyrrole nitrogens is 1. The average Bonchev–Trinajstić information content (AvgIpc) is 3.17. The van der Waals surface area contributed by atoms with E-state index in [-0.39, 0.29) is 11.9 Å². The highest BCUT2D eigenvalue weighted by atomic mass is 32.2. The number of nitrogens with one attached hydrogen (secondary N) is 1. The Hall–Kier alpha value is -2.51. The van der Waals surface area contributed by atoms with E-state index in [0.717, 1.165) is 58.5 Å². The van der Waals surface area contributed by atoms with Crippen molar-refractivity contribution in [3.8, 4) is 5.75 Å². The molecule has 3 aromatic rings. The van der Waals surface area contributed by atoms with E-state index in [2.05, 4.69) is 9.88 Å². The first-order chi connectivity index (χ1) is 16.0. The predicted octanol–water partition coefficient (Wildman–Crippen LogP) is 4.92. The number of hydrogen-bond donors (Lipinski definition) is 2. The molecule has 1 saturated carbocycles. The van der Waals surface area contributed by atoms with Gasteiger partial charge in [0.25, 0.3) is 0 Å². The van der Waals surface area contributed by atoms with E-state index >= 15 is 0 Å². The van der Waals surface area contributed by atoms with Crippen molar-refractivity contribution in [2.75, 3.05) is 19.4 Å². The van der Waals surface area contributed by atoms with Crippen LogP contribution in [0.4, 0.5) is 4.39 Å². The Morgan fingerprint density at radius 2 is 2.12 bits per heavy atom. The Kier molecular flexibility index (Phi) is 6.34. The number of nitrogens with two attached hydrogens (primary N) is 1. The van der Waals surface area contributed by atoms with E-state index in [1.165, 1.54) is 25.3 Å². The lowest BCUT2D eigenvalue weighted by atomic mass is 9.87. The first-order valence-electron chi connectivity index (χ1n) is 11.7. The van der Waals surface area contributed by atoms with Crippen molar-refractivity contribution in [3.63, 3.8) is 0 Å². The van der Waals surface area contributed by atoms with Crippen molar-refractivity contribution in [2.24, 2.45) is 5.73 Å². The number of carbonyl (C=O) groups excluding carboxylic acids is 1. The van der Waals surface area contributed by atoms with E-state index in [9.17, 15) is 9.18 Å². The van der Waals surface area contributed by atoms with E-state index in [0.29, 0.717) is 18.2 Å². The van der Waals surface area contributed by atoms with Gasteiger partial charge in [-0.3, -0.25) is 9.69 Å². The van der Waals surface area contributed by atoms with Crippen LogP contribution in [0.3, 0.4) is 0 Å². The Labute approximate surface area is 197 Å². The van der Waals surface area contributed by atoms with Gasteiger partial charge in [0.15, 0.2) is 0 Å². The maximum atomic E-state index is 13.7. The van der Waals surface area contributed by atoms with Crippen LogP contribution in [0, 0.1) is 5.82 Å². The second kappa shape index (κ2) is 9.39. The normalized spacial score (nSPS) is 18.2. The third kappa shape index (κ3) is 4.36. The van der Waals surface area contributed by atoms with Gasteiger partial charge >= 0.3 is 0 Å². The molecule has 0 spiro atoms. The second-order valence-corrected chi connectivity index (χ2v) is 9.93. The molecule has 1 aliphatic carbocycles. The fourth-order valence-electron chi connectivity index (χ4n) is 5.24. The number of amides is 1.